The van der Waals surface area contributed by atoms with E-state index in [1.54, 1.807) is 7.05 Å². The van der Waals surface area contributed by atoms with Crippen molar-refractivity contribution in [1.82, 2.24) is 9.78 Å². The predicted molar refractivity (Wildman–Crippen MR) is 40.7 cm³/mol. The quantitative estimate of drug-likeness (QED) is 0.637. The van der Waals surface area contributed by atoms with Crippen LogP contribution >= 0.6 is 10.7 Å². The van der Waals surface area contributed by atoms with Gasteiger partial charge in [0.2, 0.25) is 0 Å². The molecule has 2 N–H and O–H groups in total. The van der Waals surface area contributed by atoms with Gasteiger partial charge < -0.3 is 5.73 Å². The first kappa shape index (κ1) is 8.35. The van der Waals surface area contributed by atoms with Gasteiger partial charge in [0.05, 0.1) is 0 Å². The second-order valence-corrected chi connectivity index (χ2v) is 4.52. The first-order valence-corrected chi connectivity index (χ1v) is 4.96. The molecule has 0 aliphatic rings. The van der Waals surface area contributed by atoms with Gasteiger partial charge in [-0.05, 0) is 0 Å². The lowest BCUT2D eigenvalue weighted by molar-refractivity contribution is 0.609. The van der Waals surface area contributed by atoms with E-state index in [2.05, 4.69) is 5.10 Å². The summed E-state index contributed by atoms with van der Waals surface area (Å²) in [5.41, 5.74) is 5.23. The molecule has 11 heavy (non-hydrogen) atoms. The molecule has 1 aromatic rings. The maximum absolute atomic E-state index is 10.7. The van der Waals surface area contributed by atoms with Crippen LogP contribution in [0, 0.1) is 0 Å². The standard InChI is InChI=1S/C4H6ClN3O2S/c1-8-2-3(4(6)7-8)11(5,9)10/h2H,1H3,(H2,6,7). The van der Waals surface area contributed by atoms with E-state index in [9.17, 15) is 8.42 Å². The van der Waals surface area contributed by atoms with Gasteiger partial charge in [-0.1, -0.05) is 0 Å². The van der Waals surface area contributed by atoms with E-state index >= 15 is 0 Å². The average molecular weight is 196 g/mol. The fraction of sp³-hybridized carbons (Fsp3) is 0.250. The molecule has 1 heterocycles. The van der Waals surface area contributed by atoms with Crippen LogP contribution in [0.4, 0.5) is 5.82 Å². The summed E-state index contributed by atoms with van der Waals surface area (Å²) in [5.74, 6) is -0.0810. The summed E-state index contributed by atoms with van der Waals surface area (Å²) in [4.78, 5) is -0.151. The monoisotopic (exact) mass is 195 g/mol. The third-order valence-electron chi connectivity index (χ3n) is 1.08. The van der Waals surface area contributed by atoms with Gasteiger partial charge in [-0.25, -0.2) is 8.42 Å². The molecule has 0 unspecified atom stereocenters. The van der Waals surface area contributed by atoms with Crippen LogP contribution in [0.25, 0.3) is 0 Å². The largest absolute Gasteiger partial charge is 0.381 e. The van der Waals surface area contributed by atoms with E-state index in [-0.39, 0.29) is 10.7 Å². The molecule has 1 aromatic heterocycles. The maximum Gasteiger partial charge on any atom is 0.266 e. The second kappa shape index (κ2) is 2.38. The topological polar surface area (TPSA) is 78.0 Å². The van der Waals surface area contributed by atoms with Crippen LogP contribution in [-0.2, 0) is 16.1 Å². The predicted octanol–water partition coefficient (Wildman–Crippen LogP) is -0.0702. The van der Waals surface area contributed by atoms with Gasteiger partial charge in [-0.2, -0.15) is 5.10 Å². The number of anilines is 1. The number of nitrogen functional groups attached to an aromatic ring is 1. The molecule has 1 rings (SSSR count). The number of aromatic nitrogens is 2. The third kappa shape index (κ3) is 1.63. The summed E-state index contributed by atoms with van der Waals surface area (Å²) < 4.78 is 22.7. The maximum atomic E-state index is 10.7. The zero-order chi connectivity index (χ0) is 8.65. The van der Waals surface area contributed by atoms with Crippen molar-refractivity contribution in [2.24, 2.45) is 7.05 Å². The lowest BCUT2D eigenvalue weighted by atomic mass is 10.7. The molecule has 7 heteroatoms. The van der Waals surface area contributed by atoms with Crippen molar-refractivity contribution >= 4 is 25.6 Å². The summed E-state index contributed by atoms with van der Waals surface area (Å²) in [5, 5.41) is 3.61. The second-order valence-electron chi connectivity index (χ2n) is 1.99. The van der Waals surface area contributed by atoms with Gasteiger partial charge in [0.25, 0.3) is 9.05 Å². The molecule has 0 aliphatic carbocycles. The number of halogens is 1. The van der Waals surface area contributed by atoms with Crippen molar-refractivity contribution in [3.05, 3.63) is 6.20 Å². The first-order chi connectivity index (χ1) is 4.91. The SMILES string of the molecule is Cn1cc(S(=O)(=O)Cl)c(N)n1. The molecule has 0 radical (unpaired) electrons. The Bertz CT molecular complexity index is 369. The molecular weight excluding hydrogens is 190 g/mol. The van der Waals surface area contributed by atoms with Crippen molar-refractivity contribution in [3.63, 3.8) is 0 Å². The Morgan fingerprint density at radius 1 is 1.73 bits per heavy atom. The lowest BCUT2D eigenvalue weighted by Gasteiger charge is -1.87. The fourth-order valence-electron chi connectivity index (χ4n) is 0.672. The Morgan fingerprint density at radius 2 is 2.27 bits per heavy atom. The highest BCUT2D eigenvalue weighted by molar-refractivity contribution is 8.13. The Labute approximate surface area is 68.2 Å². The number of nitrogens with two attached hydrogens (primary N) is 1. The van der Waals surface area contributed by atoms with E-state index < -0.39 is 9.05 Å². The molecule has 0 fully saturated rings. The van der Waals surface area contributed by atoms with E-state index in [0.717, 1.165) is 0 Å². The highest BCUT2D eigenvalue weighted by Gasteiger charge is 2.16. The Morgan fingerprint density at radius 3 is 2.45 bits per heavy atom. The number of rotatable bonds is 1. The molecule has 0 aliphatic heterocycles. The van der Waals surface area contributed by atoms with E-state index in [4.69, 9.17) is 16.4 Å². The molecule has 0 atom stereocenters. The van der Waals surface area contributed by atoms with Crippen LogP contribution in [0.5, 0.6) is 0 Å². The minimum absolute atomic E-state index is 0.0810. The summed E-state index contributed by atoms with van der Waals surface area (Å²) in [7, 11) is 2.82. The van der Waals surface area contributed by atoms with Gasteiger partial charge in [-0.3, -0.25) is 4.68 Å². The van der Waals surface area contributed by atoms with Crippen molar-refractivity contribution in [2.45, 2.75) is 4.90 Å². The first-order valence-electron chi connectivity index (χ1n) is 2.65. The molecule has 0 saturated heterocycles. The van der Waals surface area contributed by atoms with Crippen molar-refractivity contribution in [1.29, 1.82) is 0 Å². The summed E-state index contributed by atoms with van der Waals surface area (Å²) in [6, 6.07) is 0. The van der Waals surface area contributed by atoms with Crippen LogP contribution in [-0.4, -0.2) is 18.2 Å². The molecule has 0 bridgehead atoms. The van der Waals surface area contributed by atoms with E-state index in [1.807, 2.05) is 0 Å². The number of hydrogen-bond donors (Lipinski definition) is 1. The van der Waals surface area contributed by atoms with Crippen molar-refractivity contribution < 1.29 is 8.42 Å². The minimum atomic E-state index is -3.75. The van der Waals surface area contributed by atoms with Gasteiger partial charge in [0, 0.05) is 23.9 Å². The third-order valence-corrected chi connectivity index (χ3v) is 2.42. The molecule has 0 saturated carbocycles. The Hall–Kier alpha value is -0.750. The highest BCUT2D eigenvalue weighted by atomic mass is 35.7. The molecule has 5 nitrogen and oxygen atoms in total. The fourth-order valence-corrected chi connectivity index (χ4v) is 1.60. The van der Waals surface area contributed by atoms with Gasteiger partial charge in [0.1, 0.15) is 4.90 Å². The number of hydrogen-bond acceptors (Lipinski definition) is 4. The lowest BCUT2D eigenvalue weighted by Crippen LogP contribution is -1.94. The van der Waals surface area contributed by atoms with Gasteiger partial charge in [0.15, 0.2) is 5.82 Å². The highest BCUT2D eigenvalue weighted by Crippen LogP contribution is 2.19. The Balaban J connectivity index is 3.36. The summed E-state index contributed by atoms with van der Waals surface area (Å²) >= 11 is 0. The molecule has 0 amide bonds. The summed E-state index contributed by atoms with van der Waals surface area (Å²) in [6.45, 7) is 0. The molecule has 0 aromatic carbocycles. The van der Waals surface area contributed by atoms with Crippen LogP contribution in [0.15, 0.2) is 11.1 Å². The van der Waals surface area contributed by atoms with E-state index in [1.165, 1.54) is 10.9 Å². The zero-order valence-electron chi connectivity index (χ0n) is 5.65. The number of aryl methyl sites for hydroxylation is 1. The minimum Gasteiger partial charge on any atom is -0.381 e. The molecule has 0 spiro atoms. The van der Waals surface area contributed by atoms with Crippen LogP contribution in [0.3, 0.4) is 0 Å². The van der Waals surface area contributed by atoms with E-state index in [0.29, 0.717) is 0 Å². The normalized spacial score (nSPS) is 11.8. The van der Waals surface area contributed by atoms with Gasteiger partial charge >= 0.3 is 0 Å². The Kier molecular flexibility index (Phi) is 1.81. The van der Waals surface area contributed by atoms with Crippen molar-refractivity contribution in [3.8, 4) is 0 Å². The van der Waals surface area contributed by atoms with Crippen LogP contribution in [0.1, 0.15) is 0 Å². The van der Waals surface area contributed by atoms with Crippen LogP contribution in [0.2, 0.25) is 0 Å². The number of nitrogens with zero attached hydrogens (tertiary/aromatic N) is 2. The molecular formula is C4H6ClN3O2S. The zero-order valence-corrected chi connectivity index (χ0v) is 7.22. The smallest absolute Gasteiger partial charge is 0.266 e. The summed E-state index contributed by atoms with van der Waals surface area (Å²) in [6.07, 6.45) is 1.25. The average Bonchev–Trinajstić information content (AvgIpc) is 2.08. The van der Waals surface area contributed by atoms with Gasteiger partial charge in [-0.15, -0.1) is 0 Å². The molecule has 62 valence electrons. The van der Waals surface area contributed by atoms with Crippen LogP contribution < -0.4 is 5.73 Å². The van der Waals surface area contributed by atoms with Crippen molar-refractivity contribution in [2.75, 3.05) is 5.73 Å².